The minimum absolute atomic E-state index is 0.0714. The van der Waals surface area contributed by atoms with Crippen molar-refractivity contribution in [1.82, 2.24) is 0 Å². The number of carbonyl (C=O) groups is 1. The highest BCUT2D eigenvalue weighted by molar-refractivity contribution is 5.73. The van der Waals surface area contributed by atoms with E-state index in [1.54, 1.807) is 6.07 Å². The van der Waals surface area contributed by atoms with Gasteiger partial charge in [-0.25, -0.2) is 0 Å². The first-order valence-corrected chi connectivity index (χ1v) is 3.25. The SMILES string of the molecule is C=CC=COC(=O)CC(=C)C#N. The van der Waals surface area contributed by atoms with Crippen molar-refractivity contribution in [2.75, 3.05) is 0 Å². The second-order valence-electron chi connectivity index (χ2n) is 1.95. The summed E-state index contributed by atoms with van der Waals surface area (Å²) in [4.78, 5) is 10.8. The third-order valence-electron chi connectivity index (χ3n) is 0.930. The van der Waals surface area contributed by atoms with Gasteiger partial charge in [-0.05, 0) is 6.08 Å². The van der Waals surface area contributed by atoms with Gasteiger partial charge in [0, 0.05) is 5.57 Å². The maximum atomic E-state index is 10.8. The van der Waals surface area contributed by atoms with Crippen LogP contribution in [0, 0.1) is 11.3 Å². The molecule has 0 aromatic rings. The van der Waals surface area contributed by atoms with Crippen molar-refractivity contribution in [3.05, 3.63) is 37.1 Å². The van der Waals surface area contributed by atoms with Gasteiger partial charge in [0.1, 0.15) is 0 Å². The fourth-order valence-corrected chi connectivity index (χ4v) is 0.426. The Morgan fingerprint density at radius 3 is 2.83 bits per heavy atom. The first kappa shape index (κ1) is 10.2. The van der Waals surface area contributed by atoms with Gasteiger partial charge in [-0.2, -0.15) is 5.26 Å². The molecule has 0 fully saturated rings. The van der Waals surface area contributed by atoms with Crippen LogP contribution in [0.1, 0.15) is 6.42 Å². The van der Waals surface area contributed by atoms with Crippen LogP contribution in [0.25, 0.3) is 0 Å². The predicted molar refractivity (Wildman–Crippen MR) is 44.8 cm³/mol. The van der Waals surface area contributed by atoms with Gasteiger partial charge in [0.15, 0.2) is 0 Å². The second-order valence-corrected chi connectivity index (χ2v) is 1.95. The molecule has 0 N–H and O–H groups in total. The van der Waals surface area contributed by atoms with E-state index in [0.717, 1.165) is 0 Å². The van der Waals surface area contributed by atoms with Crippen LogP contribution in [0.3, 0.4) is 0 Å². The Bertz CT molecular complexity index is 258. The van der Waals surface area contributed by atoms with E-state index in [9.17, 15) is 4.79 Å². The predicted octanol–water partition coefficient (Wildman–Crippen LogP) is 1.70. The Balaban J connectivity index is 3.76. The van der Waals surface area contributed by atoms with Gasteiger partial charge in [-0.15, -0.1) is 0 Å². The number of allylic oxidation sites excluding steroid dienone is 2. The summed E-state index contributed by atoms with van der Waals surface area (Å²) >= 11 is 0. The van der Waals surface area contributed by atoms with E-state index < -0.39 is 5.97 Å². The zero-order valence-electron chi connectivity index (χ0n) is 6.62. The second kappa shape index (κ2) is 5.93. The number of hydrogen-bond acceptors (Lipinski definition) is 3. The molecule has 62 valence electrons. The van der Waals surface area contributed by atoms with Crippen LogP contribution in [-0.2, 0) is 9.53 Å². The molecule has 0 aromatic carbocycles. The van der Waals surface area contributed by atoms with Crippen LogP contribution in [0.4, 0.5) is 0 Å². The Morgan fingerprint density at radius 2 is 2.33 bits per heavy atom. The zero-order chi connectivity index (χ0) is 9.40. The summed E-state index contributed by atoms with van der Waals surface area (Å²) in [5, 5.41) is 8.26. The van der Waals surface area contributed by atoms with Gasteiger partial charge in [-0.3, -0.25) is 4.79 Å². The topological polar surface area (TPSA) is 50.1 Å². The Labute approximate surface area is 71.3 Å². The molecular formula is C9H9NO2. The summed E-state index contributed by atoms with van der Waals surface area (Å²) in [6.45, 7) is 6.72. The molecule has 0 spiro atoms. The first-order valence-electron chi connectivity index (χ1n) is 3.25. The van der Waals surface area contributed by atoms with Gasteiger partial charge >= 0.3 is 5.97 Å². The highest BCUT2D eigenvalue weighted by Gasteiger charge is 2.02. The fraction of sp³-hybridized carbons (Fsp3) is 0.111. The van der Waals surface area contributed by atoms with Gasteiger partial charge in [0.2, 0.25) is 0 Å². The lowest BCUT2D eigenvalue weighted by Gasteiger charge is -1.94. The smallest absolute Gasteiger partial charge is 0.315 e. The third kappa shape index (κ3) is 5.00. The molecule has 0 aliphatic carbocycles. The molecule has 3 nitrogen and oxygen atoms in total. The molecule has 0 rings (SSSR count). The standard InChI is InChI=1S/C9H9NO2/c1-3-4-5-12-9(11)6-8(2)7-10/h3-5H,1-2,6H2. The van der Waals surface area contributed by atoms with Crippen molar-refractivity contribution in [2.24, 2.45) is 0 Å². The molecule has 0 amide bonds. The molecule has 0 radical (unpaired) electrons. The van der Waals surface area contributed by atoms with E-state index in [4.69, 9.17) is 5.26 Å². The molecule has 0 atom stereocenters. The van der Waals surface area contributed by atoms with Crippen LogP contribution < -0.4 is 0 Å². The van der Waals surface area contributed by atoms with Crippen molar-refractivity contribution in [3.8, 4) is 6.07 Å². The highest BCUT2D eigenvalue weighted by atomic mass is 16.5. The molecular weight excluding hydrogens is 154 g/mol. The molecule has 0 heterocycles. The summed E-state index contributed by atoms with van der Waals surface area (Å²) in [5.41, 5.74) is 0.187. The zero-order valence-corrected chi connectivity index (χ0v) is 6.62. The number of ether oxygens (including phenoxy) is 1. The van der Waals surface area contributed by atoms with Crippen molar-refractivity contribution in [2.45, 2.75) is 6.42 Å². The van der Waals surface area contributed by atoms with E-state index in [0.29, 0.717) is 0 Å². The van der Waals surface area contributed by atoms with Crippen LogP contribution in [0.5, 0.6) is 0 Å². The van der Waals surface area contributed by atoms with E-state index >= 15 is 0 Å². The summed E-state index contributed by atoms with van der Waals surface area (Å²) in [7, 11) is 0. The van der Waals surface area contributed by atoms with Gasteiger partial charge in [0.05, 0.1) is 18.8 Å². The molecule has 0 aromatic heterocycles. The van der Waals surface area contributed by atoms with Crippen molar-refractivity contribution >= 4 is 5.97 Å². The minimum Gasteiger partial charge on any atom is -0.434 e. The highest BCUT2D eigenvalue weighted by Crippen LogP contribution is 1.97. The van der Waals surface area contributed by atoms with Crippen molar-refractivity contribution in [3.63, 3.8) is 0 Å². The Morgan fingerprint density at radius 1 is 1.67 bits per heavy atom. The van der Waals surface area contributed by atoms with Crippen LogP contribution >= 0.6 is 0 Å². The molecule has 3 heteroatoms. The molecule has 0 unspecified atom stereocenters. The van der Waals surface area contributed by atoms with E-state index in [2.05, 4.69) is 17.9 Å². The first-order chi connectivity index (χ1) is 5.70. The van der Waals surface area contributed by atoms with Gasteiger partial charge in [-0.1, -0.05) is 19.2 Å². The maximum absolute atomic E-state index is 10.8. The third-order valence-corrected chi connectivity index (χ3v) is 0.930. The van der Waals surface area contributed by atoms with Crippen LogP contribution in [0.15, 0.2) is 37.1 Å². The molecule has 12 heavy (non-hydrogen) atoms. The van der Waals surface area contributed by atoms with Crippen molar-refractivity contribution < 1.29 is 9.53 Å². The van der Waals surface area contributed by atoms with Gasteiger partial charge in [0.25, 0.3) is 0 Å². The minimum atomic E-state index is -0.500. The number of esters is 1. The Hall–Kier alpha value is -1.82. The summed E-state index contributed by atoms with van der Waals surface area (Å²) in [6.07, 6.45) is 4.09. The normalized spacial score (nSPS) is 8.92. The van der Waals surface area contributed by atoms with E-state index in [1.807, 2.05) is 0 Å². The summed E-state index contributed by atoms with van der Waals surface area (Å²) in [6, 6.07) is 1.75. The van der Waals surface area contributed by atoms with E-state index in [-0.39, 0.29) is 12.0 Å². The van der Waals surface area contributed by atoms with E-state index in [1.165, 1.54) is 18.4 Å². The largest absolute Gasteiger partial charge is 0.434 e. The molecule has 0 saturated heterocycles. The number of hydrogen-bond donors (Lipinski definition) is 0. The number of rotatable bonds is 4. The maximum Gasteiger partial charge on any atom is 0.315 e. The lowest BCUT2D eigenvalue weighted by molar-refractivity contribution is -0.137. The van der Waals surface area contributed by atoms with Crippen molar-refractivity contribution in [1.29, 1.82) is 5.26 Å². The lowest BCUT2D eigenvalue weighted by atomic mass is 10.2. The average molecular weight is 163 g/mol. The van der Waals surface area contributed by atoms with Gasteiger partial charge < -0.3 is 4.74 Å². The number of nitriles is 1. The number of carbonyl (C=O) groups excluding carboxylic acids is 1. The average Bonchev–Trinajstić information content (AvgIpc) is 2.05. The summed E-state index contributed by atoms with van der Waals surface area (Å²) < 4.78 is 4.55. The molecule has 0 saturated carbocycles. The molecule has 0 aliphatic rings. The van der Waals surface area contributed by atoms with Crippen LogP contribution in [0.2, 0.25) is 0 Å². The summed E-state index contributed by atoms with van der Waals surface area (Å²) in [5.74, 6) is -0.500. The fourth-order valence-electron chi connectivity index (χ4n) is 0.426. The molecule has 0 aliphatic heterocycles. The quantitative estimate of drug-likeness (QED) is 0.274. The Kier molecular flexibility index (Phi) is 5.03. The lowest BCUT2D eigenvalue weighted by Crippen LogP contribution is -1.99. The van der Waals surface area contributed by atoms with Crippen LogP contribution in [-0.4, -0.2) is 5.97 Å². The number of nitrogens with zero attached hydrogens (tertiary/aromatic N) is 1. The monoisotopic (exact) mass is 163 g/mol. The molecule has 0 bridgehead atoms.